The van der Waals surface area contributed by atoms with E-state index in [1.54, 1.807) is 24.4 Å². The van der Waals surface area contributed by atoms with Crippen molar-refractivity contribution in [2.24, 2.45) is 0 Å². The lowest BCUT2D eigenvalue weighted by atomic mass is 10.0. The average molecular weight is 767 g/mol. The number of carbonyl (C=O) groups excluding carboxylic acids is 3. The quantitative estimate of drug-likeness (QED) is 0.177. The van der Waals surface area contributed by atoms with Crippen molar-refractivity contribution in [3.63, 3.8) is 0 Å². The number of hydrogen-bond donors (Lipinski definition) is 2. The molecule has 2 fully saturated rings. The summed E-state index contributed by atoms with van der Waals surface area (Å²) in [7, 11) is 1.97. The van der Waals surface area contributed by atoms with Crippen LogP contribution in [0.5, 0.6) is 0 Å². The zero-order valence-electron chi connectivity index (χ0n) is 31.4. The van der Waals surface area contributed by atoms with Crippen LogP contribution >= 0.6 is 0 Å². The average Bonchev–Trinajstić information content (AvgIpc) is 3.68. The predicted octanol–water partition coefficient (Wildman–Crippen LogP) is 5.80. The molecule has 8 rings (SSSR count). The van der Waals surface area contributed by atoms with E-state index in [4.69, 9.17) is 0 Å². The molecular formula is C40H41F3N10O3. The summed E-state index contributed by atoms with van der Waals surface area (Å²) in [5.74, 6) is -1.74. The van der Waals surface area contributed by atoms with Crippen LogP contribution in [0.1, 0.15) is 72.9 Å². The van der Waals surface area contributed by atoms with Gasteiger partial charge >= 0.3 is 0 Å². The highest BCUT2D eigenvalue weighted by molar-refractivity contribution is 6.05. The number of pyridine rings is 1. The van der Waals surface area contributed by atoms with Crippen molar-refractivity contribution in [1.29, 1.82) is 0 Å². The third-order valence-corrected chi connectivity index (χ3v) is 11.0. The van der Waals surface area contributed by atoms with Crippen LogP contribution in [-0.2, 0) is 22.7 Å². The van der Waals surface area contributed by atoms with Gasteiger partial charge in [-0.15, -0.1) is 0 Å². The van der Waals surface area contributed by atoms with E-state index in [0.29, 0.717) is 34.8 Å². The van der Waals surface area contributed by atoms with Crippen molar-refractivity contribution in [3.8, 4) is 11.3 Å². The van der Waals surface area contributed by atoms with Gasteiger partial charge in [0.2, 0.25) is 17.8 Å². The second kappa shape index (κ2) is 14.6. The fraction of sp³-hybridized carbons (Fsp3) is 0.375. The number of imidazole rings is 1. The molecule has 5 aromatic rings. The molecule has 16 heteroatoms. The molecule has 1 unspecified atom stereocenters. The third kappa shape index (κ3) is 6.93. The number of aromatic nitrogens is 5. The highest BCUT2D eigenvalue weighted by atomic mass is 19.1. The Kier molecular flexibility index (Phi) is 9.68. The van der Waals surface area contributed by atoms with Crippen LogP contribution in [-0.4, -0.2) is 84.2 Å². The molecule has 0 spiro atoms. The molecule has 2 saturated heterocycles. The van der Waals surface area contributed by atoms with E-state index in [1.807, 2.05) is 38.5 Å². The normalized spacial score (nSPS) is 17.7. The summed E-state index contributed by atoms with van der Waals surface area (Å²) in [6, 6.07) is 9.11. The van der Waals surface area contributed by atoms with Gasteiger partial charge in [-0.3, -0.25) is 24.6 Å². The van der Waals surface area contributed by atoms with E-state index in [0.717, 1.165) is 37.8 Å². The molecule has 3 amide bonds. The standard InChI is InChI=1S/C40H41F3N10O3/c1-21(2)53-22(3)46-37-30(42)14-23(15-33(37)53)36-31(43)18-45-40(49-36)47-34-7-5-27(17-44-34)51-11-9-26(10-12-51)50(4)19-25-13-24-20-52(39(56)28(24)16-29(25)41)32-6-8-35(54)48-38(32)55/h5,7,13-18,21,26,32H,6,8-12,19-20H2,1-4H3,(H,48,54,55)(H,44,45,47,49). The number of nitrogens with one attached hydrogen (secondary N) is 2. The Morgan fingerprint density at radius 1 is 0.946 bits per heavy atom. The van der Waals surface area contributed by atoms with Gasteiger partial charge in [-0.05, 0) is 89.0 Å². The molecule has 0 bridgehead atoms. The maximum atomic E-state index is 15.3. The Balaban J connectivity index is 0.882. The summed E-state index contributed by atoms with van der Waals surface area (Å²) in [6.07, 6.45) is 4.86. The first-order chi connectivity index (χ1) is 26.8. The number of imide groups is 1. The van der Waals surface area contributed by atoms with Gasteiger partial charge in [0.05, 0.1) is 23.6 Å². The van der Waals surface area contributed by atoms with Gasteiger partial charge in [0.15, 0.2) is 11.6 Å². The van der Waals surface area contributed by atoms with E-state index in [2.05, 4.69) is 40.4 Å². The highest BCUT2D eigenvalue weighted by Crippen LogP contribution is 2.33. The predicted molar refractivity (Wildman–Crippen MR) is 202 cm³/mol. The van der Waals surface area contributed by atoms with Gasteiger partial charge in [0.25, 0.3) is 5.91 Å². The summed E-state index contributed by atoms with van der Waals surface area (Å²) in [4.78, 5) is 60.2. The van der Waals surface area contributed by atoms with Crippen molar-refractivity contribution in [3.05, 3.63) is 88.8 Å². The zero-order valence-corrected chi connectivity index (χ0v) is 31.4. The van der Waals surface area contributed by atoms with E-state index >= 15 is 13.2 Å². The maximum Gasteiger partial charge on any atom is 0.255 e. The first-order valence-electron chi connectivity index (χ1n) is 18.7. The first kappa shape index (κ1) is 37.0. The molecule has 2 N–H and O–H groups in total. The molecule has 0 saturated carbocycles. The SMILES string of the molecule is Cc1nc2c(F)cc(-c3nc(Nc4ccc(N5CCC(N(C)Cc6cc7c(cc6F)C(=O)N(C6CCC(=O)NC6=O)C7)CC5)cn4)ncc3F)cc2n1C(C)C. The van der Waals surface area contributed by atoms with Crippen molar-refractivity contribution in [2.45, 2.75) is 77.7 Å². The number of aryl methyl sites for hydroxylation is 1. The van der Waals surface area contributed by atoms with E-state index in [-0.39, 0.29) is 65.7 Å². The monoisotopic (exact) mass is 766 g/mol. The number of hydrogen-bond acceptors (Lipinski definition) is 10. The van der Waals surface area contributed by atoms with Crippen LogP contribution in [0.25, 0.3) is 22.3 Å². The number of carbonyl (C=O) groups is 3. The van der Waals surface area contributed by atoms with Gasteiger partial charge in [0.1, 0.15) is 34.7 Å². The fourth-order valence-corrected chi connectivity index (χ4v) is 8.17. The number of rotatable bonds is 9. The van der Waals surface area contributed by atoms with Crippen LogP contribution in [0.4, 0.5) is 30.6 Å². The summed E-state index contributed by atoms with van der Waals surface area (Å²) in [5.41, 5.74) is 3.34. The van der Waals surface area contributed by atoms with Crippen molar-refractivity contribution in [2.75, 3.05) is 30.4 Å². The van der Waals surface area contributed by atoms with Gasteiger partial charge in [-0.25, -0.2) is 33.1 Å². The number of anilines is 3. The Labute approximate surface area is 320 Å². The van der Waals surface area contributed by atoms with Gasteiger partial charge in [-0.1, -0.05) is 0 Å². The summed E-state index contributed by atoms with van der Waals surface area (Å²) >= 11 is 0. The van der Waals surface area contributed by atoms with Crippen LogP contribution in [0.15, 0.2) is 48.8 Å². The molecule has 290 valence electrons. The molecule has 2 aromatic carbocycles. The van der Waals surface area contributed by atoms with Crippen molar-refractivity contribution in [1.82, 2.24) is 39.6 Å². The van der Waals surface area contributed by atoms with Crippen LogP contribution in [0.3, 0.4) is 0 Å². The van der Waals surface area contributed by atoms with Gasteiger partial charge < -0.3 is 19.7 Å². The summed E-state index contributed by atoms with van der Waals surface area (Å²) in [5, 5.41) is 5.32. The number of nitrogens with zero attached hydrogens (tertiary/aromatic N) is 8. The first-order valence-corrected chi connectivity index (χ1v) is 18.7. The lowest BCUT2D eigenvalue weighted by molar-refractivity contribution is -0.136. The Morgan fingerprint density at radius 3 is 2.45 bits per heavy atom. The van der Waals surface area contributed by atoms with Gasteiger partial charge in [-0.2, -0.15) is 0 Å². The maximum absolute atomic E-state index is 15.3. The molecular weight excluding hydrogens is 726 g/mol. The summed E-state index contributed by atoms with van der Waals surface area (Å²) in [6.45, 7) is 7.82. The molecule has 0 aliphatic carbocycles. The molecule has 3 aromatic heterocycles. The summed E-state index contributed by atoms with van der Waals surface area (Å²) < 4.78 is 47.4. The third-order valence-electron chi connectivity index (χ3n) is 11.0. The molecule has 0 radical (unpaired) electrons. The lowest BCUT2D eigenvalue weighted by Gasteiger charge is -2.37. The second-order valence-electron chi connectivity index (χ2n) is 15.0. The van der Waals surface area contributed by atoms with E-state index < -0.39 is 35.3 Å². The number of piperidine rings is 2. The smallest absolute Gasteiger partial charge is 0.255 e. The minimum absolute atomic E-state index is 0.0231. The minimum atomic E-state index is -0.752. The number of fused-ring (bicyclic) bond motifs is 2. The number of benzene rings is 2. The molecule has 13 nitrogen and oxygen atoms in total. The molecule has 3 aliphatic rings. The van der Waals surface area contributed by atoms with Crippen LogP contribution < -0.4 is 15.5 Å². The fourth-order valence-electron chi connectivity index (χ4n) is 8.17. The van der Waals surface area contributed by atoms with Crippen molar-refractivity contribution >= 4 is 46.2 Å². The molecule has 6 heterocycles. The van der Waals surface area contributed by atoms with Crippen LogP contribution in [0.2, 0.25) is 0 Å². The number of halogens is 3. The van der Waals surface area contributed by atoms with E-state index in [1.165, 1.54) is 17.0 Å². The van der Waals surface area contributed by atoms with Gasteiger partial charge in [0, 0.05) is 61.4 Å². The molecule has 1 atom stereocenters. The Bertz CT molecular complexity index is 2380. The highest BCUT2D eigenvalue weighted by Gasteiger charge is 2.39. The Morgan fingerprint density at radius 2 is 1.73 bits per heavy atom. The number of amides is 3. The lowest BCUT2D eigenvalue weighted by Crippen LogP contribution is -2.52. The zero-order chi connectivity index (χ0) is 39.4. The van der Waals surface area contributed by atoms with E-state index in [9.17, 15) is 14.4 Å². The largest absolute Gasteiger partial charge is 0.370 e. The minimum Gasteiger partial charge on any atom is -0.370 e. The van der Waals surface area contributed by atoms with Crippen LogP contribution in [0, 0.1) is 24.4 Å². The topological polar surface area (TPSA) is 141 Å². The second-order valence-corrected chi connectivity index (χ2v) is 15.0. The van der Waals surface area contributed by atoms with Crippen molar-refractivity contribution < 1.29 is 27.6 Å². The Hall–Kier alpha value is -5.90. The molecule has 3 aliphatic heterocycles. The molecule has 56 heavy (non-hydrogen) atoms.